The van der Waals surface area contributed by atoms with Crippen LogP contribution in [0, 0.1) is 20.7 Å². The molecule has 0 aliphatic heterocycles. The summed E-state index contributed by atoms with van der Waals surface area (Å²) >= 11 is 0. The second-order valence-corrected chi connectivity index (χ2v) is 13.2. The Bertz CT molecular complexity index is 1050. The standard InChI is InChI=1S/C24H30NSi/c1-17-13-23(25(4)16-19(17)3)21-15-22(20-11-9-8-10-12-20)24(14-18(21)2)26(5,6)7/h8-16H,1-7H3/q+1/i3D3. The first-order valence-electron chi connectivity index (χ1n) is 10.6. The van der Waals surface area contributed by atoms with Gasteiger partial charge in [0.15, 0.2) is 6.20 Å². The van der Waals surface area contributed by atoms with E-state index in [0.717, 1.165) is 16.8 Å². The van der Waals surface area contributed by atoms with E-state index in [9.17, 15) is 0 Å². The van der Waals surface area contributed by atoms with Crippen molar-refractivity contribution in [1.82, 2.24) is 0 Å². The number of rotatable bonds is 3. The summed E-state index contributed by atoms with van der Waals surface area (Å²) in [4.78, 5) is 0. The van der Waals surface area contributed by atoms with Crippen molar-refractivity contribution in [3.05, 3.63) is 71.4 Å². The van der Waals surface area contributed by atoms with Crippen molar-refractivity contribution >= 4 is 13.3 Å². The number of pyridine rings is 1. The largest absolute Gasteiger partial charge is 0.212 e. The van der Waals surface area contributed by atoms with Crippen molar-refractivity contribution < 1.29 is 8.68 Å². The maximum atomic E-state index is 7.80. The van der Waals surface area contributed by atoms with Crippen LogP contribution in [0.4, 0.5) is 0 Å². The molecule has 0 fully saturated rings. The van der Waals surface area contributed by atoms with Gasteiger partial charge in [-0.1, -0.05) is 61.2 Å². The minimum absolute atomic E-state index is 0.406. The van der Waals surface area contributed by atoms with Crippen LogP contribution in [0.25, 0.3) is 22.4 Å². The van der Waals surface area contributed by atoms with Crippen LogP contribution in [-0.4, -0.2) is 8.07 Å². The Morgan fingerprint density at radius 3 is 2.15 bits per heavy atom. The number of aromatic nitrogens is 1. The summed E-state index contributed by atoms with van der Waals surface area (Å²) in [6, 6.07) is 17.2. The minimum Gasteiger partial charge on any atom is -0.201 e. The fourth-order valence-corrected chi connectivity index (χ4v) is 5.15. The smallest absolute Gasteiger partial charge is 0.201 e. The lowest BCUT2D eigenvalue weighted by Crippen LogP contribution is -2.39. The summed E-state index contributed by atoms with van der Waals surface area (Å²) in [5, 5.41) is 1.45. The van der Waals surface area contributed by atoms with Gasteiger partial charge in [-0.3, -0.25) is 0 Å². The van der Waals surface area contributed by atoms with Crippen LogP contribution in [0.5, 0.6) is 0 Å². The van der Waals surface area contributed by atoms with Gasteiger partial charge in [-0.05, 0) is 49.0 Å². The van der Waals surface area contributed by atoms with E-state index in [0.29, 0.717) is 5.56 Å². The molecule has 0 saturated heterocycles. The first-order chi connectivity index (χ1) is 13.4. The first kappa shape index (κ1) is 14.9. The first-order valence-corrected chi connectivity index (χ1v) is 12.6. The number of benzene rings is 2. The highest BCUT2D eigenvalue weighted by atomic mass is 28.3. The molecule has 0 aliphatic carbocycles. The Morgan fingerprint density at radius 2 is 1.54 bits per heavy atom. The van der Waals surface area contributed by atoms with E-state index in [-0.39, 0.29) is 0 Å². The number of aryl methyl sites for hydroxylation is 4. The van der Waals surface area contributed by atoms with Gasteiger partial charge in [0.25, 0.3) is 0 Å². The summed E-state index contributed by atoms with van der Waals surface area (Å²) in [5.41, 5.74) is 7.11. The van der Waals surface area contributed by atoms with Crippen molar-refractivity contribution in [3.8, 4) is 22.4 Å². The summed E-state index contributed by atoms with van der Waals surface area (Å²) in [6.07, 6.45) is 1.76. The molecular formula is C24H30NSi+. The predicted octanol–water partition coefficient (Wildman–Crippen LogP) is 5.32. The van der Waals surface area contributed by atoms with Crippen molar-refractivity contribution in [3.63, 3.8) is 0 Å². The van der Waals surface area contributed by atoms with E-state index in [2.05, 4.69) is 63.0 Å². The molecule has 0 unspecified atom stereocenters. The highest BCUT2D eigenvalue weighted by molar-refractivity contribution is 6.89. The van der Waals surface area contributed by atoms with Gasteiger partial charge >= 0.3 is 0 Å². The summed E-state index contributed by atoms with van der Waals surface area (Å²) < 4.78 is 25.3. The SMILES string of the molecule is [2H]C([2H])([2H])c1c[n+](C)c(-c2cc(-c3ccccc3)c([Si](C)(C)C)cc2C)cc1C. The van der Waals surface area contributed by atoms with E-state index in [1.165, 1.54) is 21.9 Å². The highest BCUT2D eigenvalue weighted by Gasteiger charge is 2.24. The molecule has 1 aromatic heterocycles. The molecule has 3 rings (SSSR count). The maximum Gasteiger partial charge on any atom is 0.212 e. The van der Waals surface area contributed by atoms with Crippen LogP contribution in [-0.2, 0) is 7.05 Å². The van der Waals surface area contributed by atoms with Crippen LogP contribution in [0.15, 0.2) is 54.7 Å². The van der Waals surface area contributed by atoms with Gasteiger partial charge in [-0.25, -0.2) is 4.57 Å². The molecule has 2 aromatic carbocycles. The van der Waals surface area contributed by atoms with E-state index in [1.54, 1.807) is 6.20 Å². The predicted molar refractivity (Wildman–Crippen MR) is 116 cm³/mol. The molecule has 0 amide bonds. The van der Waals surface area contributed by atoms with Crippen molar-refractivity contribution in [2.24, 2.45) is 7.05 Å². The quantitative estimate of drug-likeness (QED) is 0.438. The molecule has 0 saturated carbocycles. The minimum atomic E-state index is -2.10. The molecule has 0 bridgehead atoms. The van der Waals surface area contributed by atoms with Crippen LogP contribution in [0.1, 0.15) is 20.8 Å². The molecule has 1 nitrogen and oxygen atoms in total. The summed E-state index contributed by atoms with van der Waals surface area (Å²) in [5.74, 6) is 0. The van der Waals surface area contributed by atoms with Gasteiger partial charge in [0.2, 0.25) is 5.69 Å². The summed E-state index contributed by atoms with van der Waals surface area (Å²) in [7, 11) is 0.373. The number of hydrogen-bond acceptors (Lipinski definition) is 0. The van der Waals surface area contributed by atoms with Gasteiger partial charge in [0.1, 0.15) is 7.05 Å². The Kier molecular flexibility index (Phi) is 3.93. The van der Waals surface area contributed by atoms with Gasteiger partial charge in [-0.2, -0.15) is 0 Å². The average molecular weight is 364 g/mol. The molecular weight excluding hydrogens is 330 g/mol. The van der Waals surface area contributed by atoms with Crippen molar-refractivity contribution in [2.75, 3.05) is 0 Å². The van der Waals surface area contributed by atoms with Gasteiger partial charge in [0, 0.05) is 21.3 Å². The molecule has 3 aromatic rings. The summed E-state index contributed by atoms with van der Waals surface area (Å²) in [6.45, 7) is 9.07. The van der Waals surface area contributed by atoms with E-state index in [4.69, 9.17) is 4.11 Å². The van der Waals surface area contributed by atoms with E-state index >= 15 is 0 Å². The molecule has 0 spiro atoms. The Labute approximate surface area is 163 Å². The molecule has 0 radical (unpaired) electrons. The van der Waals surface area contributed by atoms with Gasteiger partial charge in [-0.15, -0.1) is 0 Å². The zero-order valence-corrected chi connectivity index (χ0v) is 17.6. The lowest BCUT2D eigenvalue weighted by Gasteiger charge is -2.23. The zero-order chi connectivity index (χ0) is 21.6. The van der Waals surface area contributed by atoms with E-state index < -0.39 is 14.9 Å². The molecule has 0 N–H and O–H groups in total. The van der Waals surface area contributed by atoms with Crippen LogP contribution < -0.4 is 9.75 Å². The number of nitrogens with zero attached hydrogens (tertiary/aromatic N) is 1. The van der Waals surface area contributed by atoms with Crippen molar-refractivity contribution in [2.45, 2.75) is 40.3 Å². The normalized spacial score (nSPS) is 13.8. The van der Waals surface area contributed by atoms with Crippen molar-refractivity contribution in [1.29, 1.82) is 0 Å². The monoisotopic (exact) mass is 363 g/mol. The number of hydrogen-bond donors (Lipinski definition) is 0. The Balaban J connectivity index is 2.28. The Hall–Kier alpha value is -2.19. The Morgan fingerprint density at radius 1 is 0.846 bits per heavy atom. The molecule has 2 heteroatoms. The molecule has 0 atom stereocenters. The fraction of sp³-hybridized carbons (Fsp3) is 0.292. The van der Waals surface area contributed by atoms with Crippen LogP contribution in [0.2, 0.25) is 19.6 Å². The second kappa shape index (κ2) is 6.84. The zero-order valence-electron chi connectivity index (χ0n) is 19.6. The average Bonchev–Trinajstić information content (AvgIpc) is 2.62. The maximum absolute atomic E-state index is 7.80. The van der Waals surface area contributed by atoms with Gasteiger partial charge < -0.3 is 0 Å². The highest BCUT2D eigenvalue weighted by Crippen LogP contribution is 2.29. The third kappa shape index (κ3) is 3.52. The van der Waals surface area contributed by atoms with E-state index in [1.807, 2.05) is 30.7 Å². The third-order valence-corrected chi connectivity index (χ3v) is 7.04. The fourth-order valence-electron chi connectivity index (χ4n) is 3.48. The topological polar surface area (TPSA) is 3.88 Å². The molecule has 0 aliphatic rings. The van der Waals surface area contributed by atoms with Crippen LogP contribution >= 0.6 is 0 Å². The van der Waals surface area contributed by atoms with Gasteiger partial charge in [0.05, 0.1) is 8.07 Å². The molecule has 26 heavy (non-hydrogen) atoms. The lowest BCUT2D eigenvalue weighted by molar-refractivity contribution is -0.660. The molecule has 134 valence electrons. The lowest BCUT2D eigenvalue weighted by atomic mass is 9.96. The third-order valence-electron chi connectivity index (χ3n) is 5.01. The molecule has 1 heterocycles. The van der Waals surface area contributed by atoms with Crippen LogP contribution in [0.3, 0.4) is 0 Å². The second-order valence-electron chi connectivity index (χ2n) is 8.20.